The Kier molecular flexibility index (Phi) is 11.4. The summed E-state index contributed by atoms with van der Waals surface area (Å²) in [5.41, 5.74) is 3.59. The quantitative estimate of drug-likeness (QED) is 0.285. The van der Waals surface area contributed by atoms with Crippen LogP contribution in [0, 0.1) is 5.92 Å². The molecule has 4 N–H and O–H groups in total. The lowest BCUT2D eigenvalue weighted by atomic mass is 9.91. The van der Waals surface area contributed by atoms with Crippen LogP contribution in [0.15, 0.2) is 30.5 Å². The van der Waals surface area contributed by atoms with Gasteiger partial charge in [-0.05, 0) is 62.6 Å². The zero-order valence-electron chi connectivity index (χ0n) is 27.2. The van der Waals surface area contributed by atoms with Gasteiger partial charge in [-0.25, -0.2) is 0 Å². The first kappa shape index (κ1) is 33.8. The smallest absolute Gasteiger partial charge is 0.272 e. The molecule has 1 atom stereocenters. The molecule has 0 fully saturated rings. The summed E-state index contributed by atoms with van der Waals surface area (Å²) in [7, 11) is 0. The Morgan fingerprint density at radius 3 is 2.72 bits per heavy atom. The summed E-state index contributed by atoms with van der Waals surface area (Å²) in [4.78, 5) is 61.0. The molecule has 2 aliphatic rings. The first-order chi connectivity index (χ1) is 22.7. The van der Waals surface area contributed by atoms with Gasteiger partial charge in [0.1, 0.15) is 11.4 Å². The largest absolute Gasteiger partial charge is 0.396 e. The Bertz CT molecular complexity index is 1550. The molecule has 252 valence electrons. The van der Waals surface area contributed by atoms with Gasteiger partial charge in [0.25, 0.3) is 11.8 Å². The van der Waals surface area contributed by atoms with Gasteiger partial charge in [0.15, 0.2) is 5.69 Å². The highest BCUT2D eigenvalue weighted by atomic mass is 16.3. The maximum Gasteiger partial charge on any atom is 0.272 e. The Hall–Kier alpha value is -4.59. The average molecular weight is 648 g/mol. The molecular weight excluding hydrogens is 602 g/mol. The first-order valence-electron chi connectivity index (χ1n) is 16.5. The first-order valence-corrected chi connectivity index (χ1v) is 16.5. The number of carbonyl (C=O) groups is 4. The number of hydrogen-bond donors (Lipinski definition) is 4. The van der Waals surface area contributed by atoms with Crippen molar-refractivity contribution in [3.63, 3.8) is 0 Å². The maximum absolute atomic E-state index is 13.7. The average Bonchev–Trinajstić information content (AvgIpc) is 3.70. The number of fused-ring (bicyclic) bond motifs is 1. The van der Waals surface area contributed by atoms with Crippen LogP contribution in [0.25, 0.3) is 11.4 Å². The number of rotatable bonds is 8. The zero-order valence-corrected chi connectivity index (χ0v) is 27.2. The molecule has 0 aromatic carbocycles. The molecule has 2 bridgehead atoms. The third-order valence-electron chi connectivity index (χ3n) is 8.63. The van der Waals surface area contributed by atoms with Crippen molar-refractivity contribution >= 4 is 23.6 Å². The van der Waals surface area contributed by atoms with Crippen molar-refractivity contribution in [1.29, 1.82) is 0 Å². The maximum atomic E-state index is 13.7. The van der Waals surface area contributed by atoms with Gasteiger partial charge in [-0.2, -0.15) is 10.2 Å². The van der Waals surface area contributed by atoms with Crippen molar-refractivity contribution in [3.8, 4) is 11.4 Å². The lowest BCUT2D eigenvalue weighted by molar-refractivity contribution is -0.136. The fourth-order valence-electron chi connectivity index (χ4n) is 6.09. The lowest BCUT2D eigenvalue weighted by Gasteiger charge is -2.27. The number of aryl methyl sites for hydroxylation is 1. The molecular formula is C33H45N9O5. The van der Waals surface area contributed by atoms with Crippen LogP contribution < -0.4 is 10.6 Å². The summed E-state index contributed by atoms with van der Waals surface area (Å²) in [6, 6.07) is 6.87. The summed E-state index contributed by atoms with van der Waals surface area (Å²) >= 11 is 0. The number of carbonyl (C=O) groups excluding carboxylic acids is 4. The molecule has 3 aromatic rings. The second kappa shape index (κ2) is 15.8. The number of aromatic amines is 1. The molecule has 0 spiro atoms. The number of pyridine rings is 1. The van der Waals surface area contributed by atoms with Crippen molar-refractivity contribution < 1.29 is 24.3 Å². The second-order valence-electron chi connectivity index (χ2n) is 12.6. The van der Waals surface area contributed by atoms with E-state index in [1.807, 2.05) is 10.7 Å². The van der Waals surface area contributed by atoms with Crippen LogP contribution in [-0.4, -0.2) is 109 Å². The molecule has 1 aliphatic carbocycles. The monoisotopic (exact) mass is 647 g/mol. The third kappa shape index (κ3) is 8.61. The van der Waals surface area contributed by atoms with Crippen LogP contribution in [0.5, 0.6) is 0 Å². The Balaban J connectivity index is 1.40. The third-order valence-corrected chi connectivity index (χ3v) is 8.63. The Morgan fingerprint density at radius 2 is 1.96 bits per heavy atom. The van der Waals surface area contributed by atoms with E-state index in [2.05, 4.69) is 39.7 Å². The van der Waals surface area contributed by atoms with E-state index in [1.54, 1.807) is 29.3 Å². The van der Waals surface area contributed by atoms with E-state index in [0.29, 0.717) is 61.6 Å². The van der Waals surface area contributed by atoms with Gasteiger partial charge >= 0.3 is 0 Å². The molecule has 4 heterocycles. The normalized spacial score (nSPS) is 18.2. The van der Waals surface area contributed by atoms with Crippen LogP contribution in [0.4, 0.5) is 0 Å². The number of H-pyrrole nitrogens is 1. The van der Waals surface area contributed by atoms with Gasteiger partial charge in [0, 0.05) is 69.2 Å². The summed E-state index contributed by atoms with van der Waals surface area (Å²) < 4.78 is 1.93. The standard InChI is InChI=1S/C33H45N9O5/c1-22(2)11-16-42-28-10-9-23-19-24(28)31(39-42)32(46)35-13-17-40(14-5-8-30(45)41(15-6-18-43)21-29(44)36-23)33(47)27-20-26(37-38-27)25-7-3-4-12-34-25/h3-4,7,12,20,22-23,43H,5-6,8-11,13-19,21H2,1-2H3,(H,35,46)(H,36,44)(H,37,38). The molecule has 5 rings (SSSR count). The molecule has 3 aromatic heterocycles. The summed E-state index contributed by atoms with van der Waals surface area (Å²) in [6.07, 6.45) is 5.19. The van der Waals surface area contributed by atoms with E-state index in [-0.39, 0.29) is 81.1 Å². The molecule has 0 saturated heterocycles. The molecule has 1 unspecified atom stereocenters. The number of aliphatic hydroxyl groups excluding tert-OH is 1. The number of nitrogens with zero attached hydrogens (tertiary/aromatic N) is 6. The summed E-state index contributed by atoms with van der Waals surface area (Å²) in [6.45, 7) is 5.61. The predicted octanol–water partition coefficient (Wildman–Crippen LogP) is 1.56. The second-order valence-corrected chi connectivity index (χ2v) is 12.6. The highest BCUT2D eigenvalue weighted by Gasteiger charge is 2.31. The molecule has 14 nitrogen and oxygen atoms in total. The fourth-order valence-corrected chi connectivity index (χ4v) is 6.09. The van der Waals surface area contributed by atoms with E-state index < -0.39 is 0 Å². The van der Waals surface area contributed by atoms with Crippen LogP contribution in [0.1, 0.15) is 78.2 Å². The number of hydrogen-bond acceptors (Lipinski definition) is 8. The number of amides is 4. The predicted molar refractivity (Wildman–Crippen MR) is 173 cm³/mol. The summed E-state index contributed by atoms with van der Waals surface area (Å²) in [5, 5.41) is 27.3. The van der Waals surface area contributed by atoms with Gasteiger partial charge in [0.2, 0.25) is 11.8 Å². The van der Waals surface area contributed by atoms with Crippen molar-refractivity contribution in [2.24, 2.45) is 5.92 Å². The molecule has 4 amide bonds. The van der Waals surface area contributed by atoms with Crippen LogP contribution in [-0.2, 0) is 29.0 Å². The fraction of sp³-hybridized carbons (Fsp3) is 0.545. The highest BCUT2D eigenvalue weighted by Crippen LogP contribution is 2.26. The molecule has 47 heavy (non-hydrogen) atoms. The molecule has 0 saturated carbocycles. The number of aliphatic hydroxyl groups is 1. The summed E-state index contributed by atoms with van der Waals surface area (Å²) in [5.74, 6) is -0.688. The van der Waals surface area contributed by atoms with Crippen molar-refractivity contribution in [2.45, 2.75) is 71.4 Å². The highest BCUT2D eigenvalue weighted by molar-refractivity contribution is 5.95. The van der Waals surface area contributed by atoms with Gasteiger partial charge < -0.3 is 25.5 Å². The minimum absolute atomic E-state index is 0.103. The zero-order chi connectivity index (χ0) is 33.3. The topological polar surface area (TPSA) is 178 Å². The SMILES string of the molecule is CC(C)CCn1nc2c3c1CCC(C3)NC(=O)CN(CCCO)C(=O)CCCN(C(=O)c1cc(-c3ccccn3)n[nH]1)CCNC2=O. The van der Waals surface area contributed by atoms with E-state index >= 15 is 0 Å². The Labute approximate surface area is 274 Å². The van der Waals surface area contributed by atoms with Crippen molar-refractivity contribution in [3.05, 3.63) is 53.1 Å². The van der Waals surface area contributed by atoms with Gasteiger partial charge in [0.05, 0.1) is 12.2 Å². The van der Waals surface area contributed by atoms with Crippen LogP contribution in [0.3, 0.4) is 0 Å². The van der Waals surface area contributed by atoms with Gasteiger partial charge in [-0.1, -0.05) is 19.9 Å². The van der Waals surface area contributed by atoms with Crippen molar-refractivity contribution in [1.82, 2.24) is 45.4 Å². The van der Waals surface area contributed by atoms with Crippen LogP contribution in [0.2, 0.25) is 0 Å². The van der Waals surface area contributed by atoms with E-state index in [4.69, 9.17) is 5.10 Å². The van der Waals surface area contributed by atoms with E-state index in [0.717, 1.165) is 17.7 Å². The van der Waals surface area contributed by atoms with Crippen LogP contribution >= 0.6 is 0 Å². The van der Waals surface area contributed by atoms with Crippen molar-refractivity contribution in [2.75, 3.05) is 39.3 Å². The number of aromatic nitrogens is 5. The minimum atomic E-state index is -0.325. The van der Waals surface area contributed by atoms with Gasteiger partial charge in [-0.3, -0.25) is 33.9 Å². The number of nitrogens with one attached hydrogen (secondary N) is 3. The minimum Gasteiger partial charge on any atom is -0.396 e. The molecule has 14 heteroatoms. The van der Waals surface area contributed by atoms with E-state index in [9.17, 15) is 24.3 Å². The molecule has 0 radical (unpaired) electrons. The Morgan fingerprint density at radius 1 is 1.11 bits per heavy atom. The van der Waals surface area contributed by atoms with E-state index in [1.165, 1.54) is 4.90 Å². The molecule has 1 aliphatic heterocycles. The van der Waals surface area contributed by atoms with Gasteiger partial charge in [-0.15, -0.1) is 0 Å². The lowest BCUT2D eigenvalue weighted by Crippen LogP contribution is -2.46.